The van der Waals surface area contributed by atoms with Gasteiger partial charge in [-0.2, -0.15) is 0 Å². The Kier molecular flexibility index (Phi) is 7.54. The van der Waals surface area contributed by atoms with E-state index in [-0.39, 0.29) is 0 Å². The smallest absolute Gasteiger partial charge is 0.0316 e. The van der Waals surface area contributed by atoms with E-state index in [2.05, 4.69) is 31.2 Å². The minimum atomic E-state index is 0.829. The summed E-state index contributed by atoms with van der Waals surface area (Å²) in [5.41, 5.74) is 14.2. The molecule has 0 amide bonds. The van der Waals surface area contributed by atoms with Gasteiger partial charge in [-0.05, 0) is 117 Å². The van der Waals surface area contributed by atoms with Crippen molar-refractivity contribution in [3.8, 4) is 0 Å². The summed E-state index contributed by atoms with van der Waals surface area (Å²) in [5, 5.41) is 0. The SMILES string of the molecule is CCC1CCC(c2ccc(C(=C3CCC3)C3CCC3)cc2)CC1.Cc1cccc(N)c1. The Labute approximate surface area is 190 Å². The van der Waals surface area contributed by atoms with Crippen LogP contribution in [0.2, 0.25) is 0 Å². The van der Waals surface area contributed by atoms with Crippen LogP contribution >= 0.6 is 0 Å². The predicted octanol–water partition coefficient (Wildman–Crippen LogP) is 8.69. The van der Waals surface area contributed by atoms with E-state index in [4.69, 9.17) is 5.73 Å². The zero-order chi connectivity index (χ0) is 21.6. The largest absolute Gasteiger partial charge is 0.399 e. The van der Waals surface area contributed by atoms with E-state index in [0.29, 0.717) is 0 Å². The number of allylic oxidation sites excluding steroid dienone is 2. The topological polar surface area (TPSA) is 26.0 Å². The third kappa shape index (κ3) is 5.62. The van der Waals surface area contributed by atoms with Crippen LogP contribution in [0.3, 0.4) is 0 Å². The second kappa shape index (κ2) is 10.5. The number of benzene rings is 2. The molecule has 2 aromatic carbocycles. The fraction of sp³-hybridized carbons (Fsp3) is 0.533. The molecule has 3 fully saturated rings. The first-order chi connectivity index (χ1) is 15.1. The fourth-order valence-corrected chi connectivity index (χ4v) is 5.56. The van der Waals surface area contributed by atoms with Crippen molar-refractivity contribution in [1.29, 1.82) is 0 Å². The summed E-state index contributed by atoms with van der Waals surface area (Å²) in [6, 6.07) is 17.6. The Morgan fingerprint density at radius 3 is 2.03 bits per heavy atom. The van der Waals surface area contributed by atoms with Crippen molar-refractivity contribution in [2.45, 2.75) is 90.4 Å². The van der Waals surface area contributed by atoms with Gasteiger partial charge in [0, 0.05) is 5.69 Å². The first-order valence-corrected chi connectivity index (χ1v) is 12.8. The molecular weight excluding hydrogens is 374 g/mol. The first-order valence-electron chi connectivity index (χ1n) is 12.8. The normalized spacial score (nSPS) is 23.2. The van der Waals surface area contributed by atoms with Gasteiger partial charge in [0.15, 0.2) is 0 Å². The second-order valence-corrected chi connectivity index (χ2v) is 10.2. The maximum atomic E-state index is 5.46. The van der Waals surface area contributed by atoms with Gasteiger partial charge in [-0.15, -0.1) is 0 Å². The summed E-state index contributed by atoms with van der Waals surface area (Å²) < 4.78 is 0. The first kappa shape index (κ1) is 22.2. The molecule has 0 saturated heterocycles. The van der Waals surface area contributed by atoms with Gasteiger partial charge in [-0.1, -0.05) is 61.7 Å². The minimum absolute atomic E-state index is 0.829. The van der Waals surface area contributed by atoms with Gasteiger partial charge in [0.1, 0.15) is 0 Å². The Bertz CT molecular complexity index is 840. The third-order valence-corrected chi connectivity index (χ3v) is 8.01. The molecule has 166 valence electrons. The van der Waals surface area contributed by atoms with Gasteiger partial charge in [0.05, 0.1) is 0 Å². The lowest BCUT2D eigenvalue weighted by Gasteiger charge is -2.34. The van der Waals surface area contributed by atoms with E-state index in [9.17, 15) is 0 Å². The van der Waals surface area contributed by atoms with E-state index in [1.807, 2.05) is 31.2 Å². The molecule has 0 atom stereocenters. The predicted molar refractivity (Wildman–Crippen MR) is 135 cm³/mol. The van der Waals surface area contributed by atoms with Crippen LogP contribution in [-0.2, 0) is 0 Å². The fourth-order valence-electron chi connectivity index (χ4n) is 5.56. The molecule has 1 heteroatoms. The van der Waals surface area contributed by atoms with E-state index in [1.165, 1.54) is 76.2 Å². The Balaban J connectivity index is 0.000000245. The van der Waals surface area contributed by atoms with Crippen LogP contribution in [0.5, 0.6) is 0 Å². The number of aryl methyl sites for hydroxylation is 1. The summed E-state index contributed by atoms with van der Waals surface area (Å²) in [4.78, 5) is 0. The molecule has 1 nitrogen and oxygen atoms in total. The van der Waals surface area contributed by atoms with Gasteiger partial charge < -0.3 is 5.73 Å². The van der Waals surface area contributed by atoms with Crippen molar-refractivity contribution in [3.63, 3.8) is 0 Å². The summed E-state index contributed by atoms with van der Waals surface area (Å²) >= 11 is 0. The monoisotopic (exact) mass is 415 g/mol. The molecule has 0 heterocycles. The molecule has 0 spiro atoms. The van der Waals surface area contributed by atoms with Gasteiger partial charge in [-0.3, -0.25) is 0 Å². The molecule has 2 N–H and O–H groups in total. The lowest BCUT2D eigenvalue weighted by molar-refractivity contribution is 0.319. The van der Waals surface area contributed by atoms with Gasteiger partial charge >= 0.3 is 0 Å². The highest BCUT2D eigenvalue weighted by molar-refractivity contribution is 5.72. The van der Waals surface area contributed by atoms with Gasteiger partial charge in [0.25, 0.3) is 0 Å². The number of hydrogen-bond acceptors (Lipinski definition) is 1. The quantitative estimate of drug-likeness (QED) is 0.496. The van der Waals surface area contributed by atoms with Crippen molar-refractivity contribution in [3.05, 3.63) is 70.8 Å². The number of nitrogen functional groups attached to an aromatic ring is 1. The molecule has 0 radical (unpaired) electrons. The molecule has 0 aromatic heterocycles. The minimum Gasteiger partial charge on any atom is -0.399 e. The molecule has 3 aliphatic rings. The molecule has 5 rings (SSSR count). The van der Waals surface area contributed by atoms with Crippen LogP contribution in [-0.4, -0.2) is 0 Å². The highest BCUT2D eigenvalue weighted by Crippen LogP contribution is 2.45. The lowest BCUT2D eigenvalue weighted by atomic mass is 9.71. The highest BCUT2D eigenvalue weighted by Gasteiger charge is 2.28. The summed E-state index contributed by atoms with van der Waals surface area (Å²) in [7, 11) is 0. The van der Waals surface area contributed by atoms with E-state index < -0.39 is 0 Å². The molecule has 0 aliphatic heterocycles. The number of nitrogens with two attached hydrogens (primary N) is 1. The van der Waals surface area contributed by atoms with Crippen molar-refractivity contribution < 1.29 is 0 Å². The van der Waals surface area contributed by atoms with Crippen molar-refractivity contribution in [2.24, 2.45) is 11.8 Å². The molecule has 0 bridgehead atoms. The van der Waals surface area contributed by atoms with Crippen LogP contribution in [0.15, 0.2) is 54.1 Å². The Hall–Kier alpha value is -2.02. The molecule has 3 aliphatic carbocycles. The zero-order valence-corrected chi connectivity index (χ0v) is 19.7. The Morgan fingerprint density at radius 1 is 0.871 bits per heavy atom. The highest BCUT2D eigenvalue weighted by atomic mass is 14.5. The van der Waals surface area contributed by atoms with Gasteiger partial charge in [-0.25, -0.2) is 0 Å². The average Bonchev–Trinajstić information content (AvgIpc) is 2.71. The summed E-state index contributed by atoms with van der Waals surface area (Å²) in [5.74, 6) is 2.71. The number of hydrogen-bond donors (Lipinski definition) is 1. The zero-order valence-electron chi connectivity index (χ0n) is 19.7. The average molecular weight is 416 g/mol. The Morgan fingerprint density at radius 2 is 1.58 bits per heavy atom. The second-order valence-electron chi connectivity index (χ2n) is 10.2. The molecule has 2 aromatic rings. The van der Waals surface area contributed by atoms with E-state index in [1.54, 1.807) is 22.3 Å². The van der Waals surface area contributed by atoms with Crippen LogP contribution in [0.1, 0.15) is 100 Å². The van der Waals surface area contributed by atoms with E-state index >= 15 is 0 Å². The van der Waals surface area contributed by atoms with Crippen LogP contribution in [0.4, 0.5) is 5.69 Å². The van der Waals surface area contributed by atoms with Crippen molar-refractivity contribution in [2.75, 3.05) is 5.73 Å². The van der Waals surface area contributed by atoms with Crippen molar-refractivity contribution >= 4 is 11.3 Å². The summed E-state index contributed by atoms with van der Waals surface area (Å²) in [6.45, 7) is 4.38. The number of anilines is 1. The maximum absolute atomic E-state index is 5.46. The van der Waals surface area contributed by atoms with Crippen LogP contribution in [0, 0.1) is 18.8 Å². The molecule has 3 saturated carbocycles. The summed E-state index contributed by atoms with van der Waals surface area (Å²) in [6.07, 6.45) is 15.6. The lowest BCUT2D eigenvalue weighted by Crippen LogP contribution is -2.17. The standard InChI is InChI=1S/C23H32.C7H9N/c1-2-17-9-11-18(12-10-17)19-13-15-22(16-14-19)23(20-5-3-6-20)21-7-4-8-21;1-6-3-2-4-7(8)5-6/h13-18,20H,2-12H2,1H3;2-5H,8H2,1H3. The van der Waals surface area contributed by atoms with Crippen LogP contribution < -0.4 is 5.73 Å². The molecular formula is C30H41N. The van der Waals surface area contributed by atoms with E-state index in [0.717, 1.165) is 23.4 Å². The van der Waals surface area contributed by atoms with Crippen LogP contribution in [0.25, 0.3) is 5.57 Å². The third-order valence-electron chi connectivity index (χ3n) is 8.01. The van der Waals surface area contributed by atoms with Gasteiger partial charge in [0.2, 0.25) is 0 Å². The molecule has 0 unspecified atom stereocenters. The van der Waals surface area contributed by atoms with Crippen molar-refractivity contribution in [1.82, 2.24) is 0 Å². The number of rotatable bonds is 4. The molecule has 31 heavy (non-hydrogen) atoms. The maximum Gasteiger partial charge on any atom is 0.0316 e.